The van der Waals surface area contributed by atoms with E-state index >= 15 is 0 Å². The Morgan fingerprint density at radius 3 is 3.00 bits per heavy atom. The predicted octanol–water partition coefficient (Wildman–Crippen LogP) is 3.66. The molecule has 21 heavy (non-hydrogen) atoms. The van der Waals surface area contributed by atoms with Gasteiger partial charge in [-0.15, -0.1) is 0 Å². The summed E-state index contributed by atoms with van der Waals surface area (Å²) < 4.78 is 5.46. The van der Waals surface area contributed by atoms with Gasteiger partial charge in [0.25, 0.3) is 0 Å². The van der Waals surface area contributed by atoms with Crippen molar-refractivity contribution in [2.45, 2.75) is 25.3 Å². The SMILES string of the molecule is COc1ccccc1C1CCCN1C(=O)Cc1ccsc1. The fourth-order valence-electron chi connectivity index (χ4n) is 3.00. The minimum absolute atomic E-state index is 0.146. The number of benzene rings is 1. The number of hydrogen-bond donors (Lipinski definition) is 0. The van der Waals surface area contributed by atoms with Crippen molar-refractivity contribution in [1.82, 2.24) is 4.90 Å². The average molecular weight is 301 g/mol. The Balaban J connectivity index is 1.80. The van der Waals surface area contributed by atoms with Gasteiger partial charge in [-0.2, -0.15) is 11.3 Å². The summed E-state index contributed by atoms with van der Waals surface area (Å²) in [6.07, 6.45) is 2.56. The van der Waals surface area contributed by atoms with Crippen LogP contribution < -0.4 is 4.74 Å². The van der Waals surface area contributed by atoms with Crippen molar-refractivity contribution in [2.24, 2.45) is 0 Å². The molecule has 1 fully saturated rings. The maximum absolute atomic E-state index is 12.6. The molecule has 1 amide bonds. The molecule has 4 heteroatoms. The van der Waals surface area contributed by atoms with E-state index in [1.807, 2.05) is 39.9 Å². The van der Waals surface area contributed by atoms with Gasteiger partial charge in [0.05, 0.1) is 19.6 Å². The second-order valence-corrected chi connectivity index (χ2v) is 6.08. The first-order chi connectivity index (χ1) is 10.3. The predicted molar refractivity (Wildman–Crippen MR) is 84.7 cm³/mol. The van der Waals surface area contributed by atoms with Gasteiger partial charge in [0, 0.05) is 12.1 Å². The van der Waals surface area contributed by atoms with E-state index in [0.717, 1.165) is 36.3 Å². The first kappa shape index (κ1) is 14.1. The maximum atomic E-state index is 12.6. The van der Waals surface area contributed by atoms with Crippen molar-refractivity contribution < 1.29 is 9.53 Å². The molecule has 2 aromatic rings. The number of hydrogen-bond acceptors (Lipinski definition) is 3. The largest absolute Gasteiger partial charge is 0.496 e. The zero-order chi connectivity index (χ0) is 14.7. The fraction of sp³-hybridized carbons (Fsp3) is 0.353. The van der Waals surface area contributed by atoms with Gasteiger partial charge in [-0.3, -0.25) is 4.79 Å². The van der Waals surface area contributed by atoms with Gasteiger partial charge in [0.1, 0.15) is 5.75 Å². The molecule has 110 valence electrons. The number of thiophene rings is 1. The van der Waals surface area contributed by atoms with E-state index in [1.165, 1.54) is 0 Å². The molecule has 0 aliphatic carbocycles. The summed E-state index contributed by atoms with van der Waals surface area (Å²) in [4.78, 5) is 14.6. The van der Waals surface area contributed by atoms with Crippen LogP contribution in [0.15, 0.2) is 41.1 Å². The molecule has 1 aromatic heterocycles. The van der Waals surface area contributed by atoms with E-state index in [1.54, 1.807) is 18.4 Å². The lowest BCUT2D eigenvalue weighted by atomic mass is 10.0. The van der Waals surface area contributed by atoms with E-state index < -0.39 is 0 Å². The Kier molecular flexibility index (Phi) is 4.25. The topological polar surface area (TPSA) is 29.5 Å². The highest BCUT2D eigenvalue weighted by atomic mass is 32.1. The second-order valence-electron chi connectivity index (χ2n) is 5.30. The van der Waals surface area contributed by atoms with Gasteiger partial charge in [-0.25, -0.2) is 0 Å². The summed E-state index contributed by atoms with van der Waals surface area (Å²) in [6.45, 7) is 0.839. The van der Waals surface area contributed by atoms with E-state index in [-0.39, 0.29) is 11.9 Å². The van der Waals surface area contributed by atoms with Crippen LogP contribution in [0, 0.1) is 0 Å². The number of para-hydroxylation sites is 1. The van der Waals surface area contributed by atoms with Crippen molar-refractivity contribution in [3.63, 3.8) is 0 Å². The number of rotatable bonds is 4. The Bertz CT molecular complexity index is 609. The first-order valence-electron chi connectivity index (χ1n) is 7.23. The molecule has 1 aliphatic heterocycles. The zero-order valence-corrected chi connectivity index (χ0v) is 12.9. The van der Waals surface area contributed by atoms with Crippen molar-refractivity contribution >= 4 is 17.2 Å². The lowest BCUT2D eigenvalue weighted by Crippen LogP contribution is -2.31. The maximum Gasteiger partial charge on any atom is 0.227 e. The lowest BCUT2D eigenvalue weighted by Gasteiger charge is -2.26. The molecule has 0 bridgehead atoms. The summed E-state index contributed by atoms with van der Waals surface area (Å²) in [6, 6.07) is 10.2. The van der Waals surface area contributed by atoms with Crippen LogP contribution in [-0.4, -0.2) is 24.5 Å². The van der Waals surface area contributed by atoms with E-state index in [9.17, 15) is 4.79 Å². The van der Waals surface area contributed by atoms with Gasteiger partial charge in [-0.1, -0.05) is 18.2 Å². The first-order valence-corrected chi connectivity index (χ1v) is 8.17. The Morgan fingerprint density at radius 1 is 1.38 bits per heavy atom. The van der Waals surface area contributed by atoms with Crippen LogP contribution in [0.5, 0.6) is 5.75 Å². The molecule has 0 saturated carbocycles. The number of carbonyl (C=O) groups is 1. The van der Waals surface area contributed by atoms with Crippen LogP contribution in [0.25, 0.3) is 0 Å². The molecule has 1 aliphatic rings. The third-order valence-electron chi connectivity index (χ3n) is 4.01. The Labute approximate surface area is 129 Å². The molecule has 0 radical (unpaired) electrons. The molecule has 1 aromatic carbocycles. The monoisotopic (exact) mass is 301 g/mol. The fourth-order valence-corrected chi connectivity index (χ4v) is 3.67. The highest BCUT2D eigenvalue weighted by Gasteiger charge is 2.31. The summed E-state index contributed by atoms with van der Waals surface area (Å²) in [5.74, 6) is 1.08. The molecule has 0 N–H and O–H groups in total. The Morgan fingerprint density at radius 2 is 2.24 bits per heavy atom. The third kappa shape index (κ3) is 2.95. The number of carbonyl (C=O) groups excluding carboxylic acids is 1. The summed E-state index contributed by atoms with van der Waals surface area (Å²) in [7, 11) is 1.69. The molecular formula is C17H19NO2S. The smallest absolute Gasteiger partial charge is 0.227 e. The number of methoxy groups -OCH3 is 1. The molecule has 2 heterocycles. The van der Waals surface area contributed by atoms with Gasteiger partial charge in [0.15, 0.2) is 0 Å². The molecule has 1 atom stereocenters. The van der Waals surface area contributed by atoms with Crippen LogP contribution in [0.2, 0.25) is 0 Å². The highest BCUT2D eigenvalue weighted by Crippen LogP contribution is 2.37. The van der Waals surface area contributed by atoms with E-state index in [4.69, 9.17) is 4.74 Å². The van der Waals surface area contributed by atoms with Crippen molar-refractivity contribution in [3.8, 4) is 5.75 Å². The minimum atomic E-state index is 0.146. The molecule has 3 nitrogen and oxygen atoms in total. The van der Waals surface area contributed by atoms with Crippen molar-refractivity contribution in [2.75, 3.05) is 13.7 Å². The van der Waals surface area contributed by atoms with Crippen LogP contribution in [0.1, 0.15) is 30.0 Å². The average Bonchev–Trinajstić information content (AvgIpc) is 3.18. The van der Waals surface area contributed by atoms with Gasteiger partial charge < -0.3 is 9.64 Å². The van der Waals surface area contributed by atoms with Crippen molar-refractivity contribution in [1.29, 1.82) is 0 Å². The molecule has 0 spiro atoms. The summed E-state index contributed by atoms with van der Waals surface area (Å²) in [5, 5.41) is 4.07. The molecule has 1 saturated heterocycles. The number of amides is 1. The van der Waals surface area contributed by atoms with Crippen LogP contribution in [0.4, 0.5) is 0 Å². The molecule has 3 rings (SSSR count). The van der Waals surface area contributed by atoms with Crippen LogP contribution >= 0.6 is 11.3 Å². The highest BCUT2D eigenvalue weighted by molar-refractivity contribution is 7.07. The third-order valence-corrected chi connectivity index (χ3v) is 4.74. The van der Waals surface area contributed by atoms with Gasteiger partial charge in [0.2, 0.25) is 5.91 Å². The number of ether oxygens (including phenoxy) is 1. The van der Waals surface area contributed by atoms with Gasteiger partial charge in [-0.05, 0) is 41.3 Å². The van der Waals surface area contributed by atoms with Crippen molar-refractivity contribution in [3.05, 3.63) is 52.2 Å². The minimum Gasteiger partial charge on any atom is -0.496 e. The number of likely N-dealkylation sites (tertiary alicyclic amines) is 1. The second kappa shape index (κ2) is 6.31. The zero-order valence-electron chi connectivity index (χ0n) is 12.1. The summed E-state index contributed by atoms with van der Waals surface area (Å²) >= 11 is 1.64. The summed E-state index contributed by atoms with van der Waals surface area (Å²) in [5.41, 5.74) is 2.23. The quantitative estimate of drug-likeness (QED) is 0.862. The van der Waals surface area contributed by atoms with E-state index in [2.05, 4.69) is 6.07 Å². The van der Waals surface area contributed by atoms with Crippen LogP contribution in [0.3, 0.4) is 0 Å². The lowest BCUT2D eigenvalue weighted by molar-refractivity contribution is -0.131. The number of nitrogens with zero attached hydrogens (tertiary/aromatic N) is 1. The van der Waals surface area contributed by atoms with Crippen LogP contribution in [-0.2, 0) is 11.2 Å². The molecular weight excluding hydrogens is 282 g/mol. The standard InChI is InChI=1S/C17H19NO2S/c1-20-16-7-3-2-5-14(16)15-6-4-9-18(15)17(19)11-13-8-10-21-12-13/h2-3,5,7-8,10,12,15H,4,6,9,11H2,1H3. The van der Waals surface area contributed by atoms with Gasteiger partial charge >= 0.3 is 0 Å². The van der Waals surface area contributed by atoms with E-state index in [0.29, 0.717) is 6.42 Å². The Hall–Kier alpha value is -1.81. The molecule has 1 unspecified atom stereocenters. The normalized spacial score (nSPS) is 18.0.